The summed E-state index contributed by atoms with van der Waals surface area (Å²) in [7, 11) is 6.49. The molecule has 1 aromatic rings. The first-order valence-electron chi connectivity index (χ1n) is 7.34. The number of nitrogens with zero attached hydrogens (tertiary/aromatic N) is 2. The number of fused-ring (bicyclic) bond motifs is 1. The van der Waals surface area contributed by atoms with Crippen LogP contribution in [0.25, 0.3) is 0 Å². The second-order valence-electron chi connectivity index (χ2n) is 5.92. The Bertz CT molecular complexity index is 401. The van der Waals surface area contributed by atoms with Crippen LogP contribution in [0.2, 0.25) is 0 Å². The maximum Gasteiger partial charge on any atom is 0.0372 e. The molecule has 1 aliphatic rings. The van der Waals surface area contributed by atoms with Crippen LogP contribution in [-0.4, -0.2) is 50.6 Å². The zero-order valence-electron chi connectivity index (χ0n) is 12.6. The smallest absolute Gasteiger partial charge is 0.0372 e. The minimum absolute atomic E-state index is 1.06. The first kappa shape index (κ1) is 14.4. The van der Waals surface area contributed by atoms with Gasteiger partial charge in [0.2, 0.25) is 0 Å². The molecule has 1 heterocycles. The number of hydrogen-bond acceptors (Lipinski definition) is 3. The molecule has 0 spiro atoms. The van der Waals surface area contributed by atoms with E-state index in [1.54, 1.807) is 0 Å². The second kappa shape index (κ2) is 6.92. The fraction of sp³-hybridized carbons (Fsp3) is 0.625. The first-order chi connectivity index (χ1) is 9.15. The SMILES string of the molecule is CN(C)CCCN(C)Cc1ccc2c(c1)CCCN2. The molecular formula is C16H27N3. The first-order valence-corrected chi connectivity index (χ1v) is 7.34. The average molecular weight is 261 g/mol. The van der Waals surface area contributed by atoms with Crippen molar-refractivity contribution in [1.82, 2.24) is 9.80 Å². The summed E-state index contributed by atoms with van der Waals surface area (Å²) in [6.45, 7) is 4.50. The average Bonchev–Trinajstić information content (AvgIpc) is 2.38. The number of rotatable bonds is 6. The van der Waals surface area contributed by atoms with Crippen LogP contribution in [0.15, 0.2) is 18.2 Å². The van der Waals surface area contributed by atoms with Crippen molar-refractivity contribution in [2.24, 2.45) is 0 Å². The summed E-state index contributed by atoms with van der Waals surface area (Å²) in [5.41, 5.74) is 4.27. The molecule has 106 valence electrons. The highest BCUT2D eigenvalue weighted by Crippen LogP contribution is 2.23. The summed E-state index contributed by atoms with van der Waals surface area (Å²) >= 11 is 0. The number of benzene rings is 1. The van der Waals surface area contributed by atoms with Crippen molar-refractivity contribution in [3.8, 4) is 0 Å². The van der Waals surface area contributed by atoms with Gasteiger partial charge in [0.15, 0.2) is 0 Å². The van der Waals surface area contributed by atoms with Crippen LogP contribution < -0.4 is 5.32 Å². The van der Waals surface area contributed by atoms with Gasteiger partial charge in [-0.3, -0.25) is 0 Å². The van der Waals surface area contributed by atoms with Gasteiger partial charge in [0.25, 0.3) is 0 Å². The predicted molar refractivity (Wildman–Crippen MR) is 82.8 cm³/mol. The highest BCUT2D eigenvalue weighted by molar-refractivity contribution is 5.54. The molecule has 0 saturated heterocycles. The minimum atomic E-state index is 1.06. The molecule has 1 aliphatic heterocycles. The molecule has 1 aromatic carbocycles. The van der Waals surface area contributed by atoms with Crippen LogP contribution in [0, 0.1) is 0 Å². The molecule has 3 nitrogen and oxygen atoms in total. The Morgan fingerprint density at radius 1 is 1.16 bits per heavy atom. The van der Waals surface area contributed by atoms with Crippen LogP contribution in [0.1, 0.15) is 24.0 Å². The number of aryl methyl sites for hydroxylation is 1. The lowest BCUT2D eigenvalue weighted by Gasteiger charge is -2.21. The van der Waals surface area contributed by atoms with Gasteiger partial charge in [0.05, 0.1) is 0 Å². The van der Waals surface area contributed by atoms with Gasteiger partial charge in [-0.15, -0.1) is 0 Å². The van der Waals surface area contributed by atoms with E-state index in [9.17, 15) is 0 Å². The van der Waals surface area contributed by atoms with Gasteiger partial charge in [-0.2, -0.15) is 0 Å². The highest BCUT2D eigenvalue weighted by atomic mass is 15.1. The monoisotopic (exact) mass is 261 g/mol. The Labute approximate surface area is 117 Å². The third kappa shape index (κ3) is 4.51. The molecule has 0 saturated carbocycles. The molecule has 0 unspecified atom stereocenters. The molecule has 2 rings (SSSR count). The summed E-state index contributed by atoms with van der Waals surface area (Å²) in [5, 5.41) is 3.47. The molecule has 0 amide bonds. The Balaban J connectivity index is 1.85. The molecule has 0 bridgehead atoms. The summed E-state index contributed by atoms with van der Waals surface area (Å²) in [4.78, 5) is 4.67. The van der Waals surface area contributed by atoms with E-state index in [2.05, 4.69) is 54.5 Å². The van der Waals surface area contributed by atoms with Crippen molar-refractivity contribution in [1.29, 1.82) is 0 Å². The summed E-state index contributed by atoms with van der Waals surface area (Å²) in [5.74, 6) is 0. The van der Waals surface area contributed by atoms with Gasteiger partial charge in [-0.1, -0.05) is 12.1 Å². The standard InChI is InChI=1S/C16H27N3/c1-18(2)10-5-11-19(3)13-14-7-8-16-15(12-14)6-4-9-17-16/h7-8,12,17H,4-6,9-11,13H2,1-3H3. The molecule has 0 atom stereocenters. The van der Waals surface area contributed by atoms with E-state index >= 15 is 0 Å². The third-order valence-electron chi connectivity index (χ3n) is 3.71. The van der Waals surface area contributed by atoms with E-state index in [1.165, 1.54) is 42.6 Å². The number of anilines is 1. The van der Waals surface area contributed by atoms with Crippen molar-refractivity contribution in [2.75, 3.05) is 46.1 Å². The Hall–Kier alpha value is -1.06. The van der Waals surface area contributed by atoms with Gasteiger partial charge < -0.3 is 15.1 Å². The van der Waals surface area contributed by atoms with E-state index in [1.807, 2.05) is 0 Å². The molecule has 1 N–H and O–H groups in total. The van der Waals surface area contributed by atoms with E-state index in [0.29, 0.717) is 0 Å². The maximum absolute atomic E-state index is 3.47. The molecule has 19 heavy (non-hydrogen) atoms. The zero-order valence-corrected chi connectivity index (χ0v) is 12.6. The molecule has 3 heteroatoms. The molecule has 0 aromatic heterocycles. The minimum Gasteiger partial charge on any atom is -0.385 e. The van der Waals surface area contributed by atoms with Crippen molar-refractivity contribution in [3.63, 3.8) is 0 Å². The van der Waals surface area contributed by atoms with E-state index in [0.717, 1.165) is 19.6 Å². The van der Waals surface area contributed by atoms with Crippen molar-refractivity contribution in [3.05, 3.63) is 29.3 Å². The summed E-state index contributed by atoms with van der Waals surface area (Å²) in [6, 6.07) is 6.89. The zero-order chi connectivity index (χ0) is 13.7. The predicted octanol–water partition coefficient (Wildman–Crippen LogP) is 2.43. The third-order valence-corrected chi connectivity index (χ3v) is 3.71. The van der Waals surface area contributed by atoms with Crippen LogP contribution in [0.5, 0.6) is 0 Å². The molecule has 0 radical (unpaired) electrons. The highest BCUT2D eigenvalue weighted by Gasteiger charge is 2.09. The summed E-state index contributed by atoms with van der Waals surface area (Å²) in [6.07, 6.45) is 3.71. The van der Waals surface area contributed by atoms with Crippen molar-refractivity contribution >= 4 is 5.69 Å². The van der Waals surface area contributed by atoms with Crippen molar-refractivity contribution < 1.29 is 0 Å². The van der Waals surface area contributed by atoms with Gasteiger partial charge in [-0.05, 0) is 70.7 Å². The van der Waals surface area contributed by atoms with Gasteiger partial charge in [0, 0.05) is 18.8 Å². The molecule has 0 aliphatic carbocycles. The summed E-state index contributed by atoms with van der Waals surface area (Å²) < 4.78 is 0. The Morgan fingerprint density at radius 2 is 2.00 bits per heavy atom. The lowest BCUT2D eigenvalue weighted by molar-refractivity contribution is 0.294. The van der Waals surface area contributed by atoms with Gasteiger partial charge in [0.1, 0.15) is 0 Å². The van der Waals surface area contributed by atoms with E-state index in [4.69, 9.17) is 0 Å². The van der Waals surface area contributed by atoms with Gasteiger partial charge >= 0.3 is 0 Å². The Morgan fingerprint density at radius 3 is 2.79 bits per heavy atom. The maximum atomic E-state index is 3.47. The number of nitrogens with one attached hydrogen (secondary N) is 1. The quantitative estimate of drug-likeness (QED) is 0.848. The second-order valence-corrected chi connectivity index (χ2v) is 5.92. The lowest BCUT2D eigenvalue weighted by Crippen LogP contribution is -2.23. The van der Waals surface area contributed by atoms with Crippen LogP contribution >= 0.6 is 0 Å². The fourth-order valence-corrected chi connectivity index (χ4v) is 2.67. The Kier molecular flexibility index (Phi) is 5.23. The fourth-order valence-electron chi connectivity index (χ4n) is 2.67. The molecular weight excluding hydrogens is 234 g/mol. The van der Waals surface area contributed by atoms with Crippen LogP contribution in [0.4, 0.5) is 5.69 Å². The normalized spacial score (nSPS) is 14.6. The largest absolute Gasteiger partial charge is 0.385 e. The lowest BCUT2D eigenvalue weighted by atomic mass is 10.0. The van der Waals surface area contributed by atoms with Gasteiger partial charge in [-0.25, -0.2) is 0 Å². The van der Waals surface area contributed by atoms with Crippen molar-refractivity contribution in [2.45, 2.75) is 25.8 Å². The molecule has 0 fully saturated rings. The number of hydrogen-bond donors (Lipinski definition) is 1. The van der Waals surface area contributed by atoms with Crippen LogP contribution in [-0.2, 0) is 13.0 Å². The topological polar surface area (TPSA) is 18.5 Å². The van der Waals surface area contributed by atoms with E-state index < -0.39 is 0 Å². The van der Waals surface area contributed by atoms with E-state index in [-0.39, 0.29) is 0 Å². The van der Waals surface area contributed by atoms with Crippen LogP contribution in [0.3, 0.4) is 0 Å².